The topological polar surface area (TPSA) is 184 Å². The number of rotatable bonds is 4. The molecule has 0 unspecified atom stereocenters. The van der Waals surface area contributed by atoms with E-state index in [9.17, 15) is 33.9 Å². The summed E-state index contributed by atoms with van der Waals surface area (Å²) in [6.45, 7) is 4.12. The minimum Gasteiger partial charge on any atom is -0.467 e. The van der Waals surface area contributed by atoms with Gasteiger partial charge < -0.3 is 34.7 Å². The Hall–Kier alpha value is -3.22. The summed E-state index contributed by atoms with van der Waals surface area (Å²) in [5.41, 5.74) is -5.53. The summed E-state index contributed by atoms with van der Waals surface area (Å²) in [5.74, 6) is -4.62. The molecule has 0 saturated carbocycles. The third kappa shape index (κ3) is 3.09. The molecule has 2 amide bonds. The molecule has 4 aliphatic rings. The maximum Gasteiger partial charge on any atom is 0.338 e. The standard InChI is InChI=1S/C11H15NO5.C10H13NO6/c1-4-11(9(15)16-3)10(2)6(8(14)12-11)5-7(13)17-10;1-9-5(3-6(13)17-9)7(14)11-10(9,4-12)8(15)16-2/h6H,4-5H2,1-3H3,(H,12,14);5,12H,3-4H2,1-2H3,(H,11,14)/t6-,10-,11-;5-,9-,10-/m00/s1. The summed E-state index contributed by atoms with van der Waals surface area (Å²) in [4.78, 5) is 70.0. The van der Waals surface area contributed by atoms with E-state index in [4.69, 9.17) is 14.2 Å². The van der Waals surface area contributed by atoms with Crippen molar-refractivity contribution in [1.82, 2.24) is 10.6 Å². The Kier molecular flexibility index (Phi) is 6.14. The van der Waals surface area contributed by atoms with Crippen molar-refractivity contribution in [3.63, 3.8) is 0 Å². The molecule has 4 aliphatic heterocycles. The van der Waals surface area contributed by atoms with Gasteiger partial charge in [0.05, 0.1) is 45.5 Å². The molecular weight excluding hydrogens is 456 g/mol. The molecule has 0 aromatic carbocycles. The summed E-state index contributed by atoms with van der Waals surface area (Å²) in [6, 6.07) is 0. The lowest BCUT2D eigenvalue weighted by atomic mass is 9.75. The Morgan fingerprint density at radius 3 is 1.65 bits per heavy atom. The van der Waals surface area contributed by atoms with Crippen LogP contribution in [-0.4, -0.2) is 83.9 Å². The second-order valence-electron chi connectivity index (χ2n) is 8.96. The third-order valence-electron chi connectivity index (χ3n) is 7.56. The summed E-state index contributed by atoms with van der Waals surface area (Å²) in [6.07, 6.45) is 0.230. The van der Waals surface area contributed by atoms with Crippen LogP contribution in [0.3, 0.4) is 0 Å². The van der Waals surface area contributed by atoms with Gasteiger partial charge in [0.15, 0.2) is 16.7 Å². The van der Waals surface area contributed by atoms with Crippen LogP contribution in [0.4, 0.5) is 0 Å². The molecule has 4 heterocycles. The van der Waals surface area contributed by atoms with E-state index in [0.29, 0.717) is 6.42 Å². The number of carbonyl (C=O) groups is 6. The smallest absolute Gasteiger partial charge is 0.338 e. The Bertz CT molecular complexity index is 890. The van der Waals surface area contributed by atoms with Gasteiger partial charge in [-0.2, -0.15) is 0 Å². The molecular formula is C21H28N2O11. The highest BCUT2D eigenvalue weighted by molar-refractivity contribution is 6.00. The molecule has 13 heteroatoms. The number of ether oxygens (including phenoxy) is 4. The Morgan fingerprint density at radius 1 is 0.882 bits per heavy atom. The number of hydrogen-bond donors (Lipinski definition) is 3. The average molecular weight is 484 g/mol. The van der Waals surface area contributed by atoms with Crippen LogP contribution in [-0.2, 0) is 47.7 Å². The molecule has 0 bridgehead atoms. The predicted molar refractivity (Wildman–Crippen MR) is 108 cm³/mol. The molecule has 0 spiro atoms. The number of hydrogen-bond acceptors (Lipinski definition) is 11. The van der Waals surface area contributed by atoms with Crippen molar-refractivity contribution in [2.45, 2.75) is 62.3 Å². The number of fused-ring (bicyclic) bond motifs is 2. The van der Waals surface area contributed by atoms with Crippen LogP contribution in [0.15, 0.2) is 0 Å². The van der Waals surface area contributed by atoms with Crippen LogP contribution >= 0.6 is 0 Å². The molecule has 4 saturated heterocycles. The molecule has 0 radical (unpaired) electrons. The van der Waals surface area contributed by atoms with Gasteiger partial charge in [-0.05, 0) is 20.3 Å². The molecule has 34 heavy (non-hydrogen) atoms. The van der Waals surface area contributed by atoms with Crippen molar-refractivity contribution in [1.29, 1.82) is 0 Å². The SMILES string of the molecule is CC[C@@]1(C(=O)OC)NC(=O)[C@@H]2CC(=O)O[C@@]21C.COC(=O)[C@]1(CO)NC(=O)[C@@H]2CC(=O)O[C@@]21C. The third-order valence-corrected chi connectivity index (χ3v) is 7.56. The Morgan fingerprint density at radius 2 is 1.26 bits per heavy atom. The summed E-state index contributed by atoms with van der Waals surface area (Å²) < 4.78 is 19.7. The van der Waals surface area contributed by atoms with Gasteiger partial charge in [0.1, 0.15) is 0 Å². The van der Waals surface area contributed by atoms with Gasteiger partial charge in [0.2, 0.25) is 17.4 Å². The van der Waals surface area contributed by atoms with Crippen LogP contribution < -0.4 is 10.6 Å². The van der Waals surface area contributed by atoms with Crippen molar-refractivity contribution in [3.8, 4) is 0 Å². The fourth-order valence-electron chi connectivity index (χ4n) is 5.42. The van der Waals surface area contributed by atoms with E-state index in [1.54, 1.807) is 13.8 Å². The highest BCUT2D eigenvalue weighted by atomic mass is 16.6. The van der Waals surface area contributed by atoms with Gasteiger partial charge in [-0.25, -0.2) is 9.59 Å². The molecule has 3 N–H and O–H groups in total. The van der Waals surface area contributed by atoms with Crippen LogP contribution in [0, 0.1) is 11.8 Å². The predicted octanol–water partition coefficient (Wildman–Crippen LogP) is -1.90. The van der Waals surface area contributed by atoms with Crippen molar-refractivity contribution >= 4 is 35.7 Å². The van der Waals surface area contributed by atoms with Crippen LogP contribution in [0.1, 0.15) is 40.0 Å². The van der Waals surface area contributed by atoms with E-state index in [1.165, 1.54) is 14.0 Å². The molecule has 0 aromatic rings. The molecule has 4 fully saturated rings. The zero-order valence-electron chi connectivity index (χ0n) is 19.5. The largest absolute Gasteiger partial charge is 0.467 e. The fraction of sp³-hybridized carbons (Fsp3) is 0.714. The first-order chi connectivity index (χ1) is 15.8. The van der Waals surface area contributed by atoms with E-state index >= 15 is 0 Å². The molecule has 0 aromatic heterocycles. The van der Waals surface area contributed by atoms with Gasteiger partial charge >= 0.3 is 23.9 Å². The fourth-order valence-corrected chi connectivity index (χ4v) is 5.42. The normalized spacial score (nSPS) is 39.6. The van der Waals surface area contributed by atoms with Crippen LogP contribution in [0.5, 0.6) is 0 Å². The van der Waals surface area contributed by atoms with Gasteiger partial charge in [-0.1, -0.05) is 6.92 Å². The first-order valence-corrected chi connectivity index (χ1v) is 10.7. The van der Waals surface area contributed by atoms with Gasteiger partial charge in [0.25, 0.3) is 0 Å². The lowest BCUT2D eigenvalue weighted by molar-refractivity contribution is -0.171. The molecule has 188 valence electrons. The summed E-state index contributed by atoms with van der Waals surface area (Å²) in [7, 11) is 2.39. The second kappa shape index (κ2) is 8.22. The number of methoxy groups -OCH3 is 2. The molecule has 13 nitrogen and oxygen atoms in total. The van der Waals surface area contributed by atoms with Crippen LogP contribution in [0.25, 0.3) is 0 Å². The maximum atomic E-state index is 11.9. The van der Waals surface area contributed by atoms with E-state index in [0.717, 1.165) is 7.11 Å². The first-order valence-electron chi connectivity index (χ1n) is 10.7. The lowest BCUT2D eigenvalue weighted by Crippen LogP contribution is -2.65. The Labute approximate surface area is 194 Å². The monoisotopic (exact) mass is 484 g/mol. The minimum atomic E-state index is -1.71. The van der Waals surface area contributed by atoms with Crippen molar-refractivity contribution < 1.29 is 52.8 Å². The number of amides is 2. The zero-order valence-corrected chi connectivity index (χ0v) is 19.5. The van der Waals surface area contributed by atoms with E-state index in [2.05, 4.69) is 15.4 Å². The van der Waals surface area contributed by atoms with E-state index in [-0.39, 0.29) is 18.7 Å². The van der Waals surface area contributed by atoms with Crippen LogP contribution in [0.2, 0.25) is 0 Å². The van der Waals surface area contributed by atoms with Gasteiger partial charge in [0, 0.05) is 0 Å². The van der Waals surface area contributed by atoms with Gasteiger partial charge in [-0.3, -0.25) is 19.2 Å². The first kappa shape index (κ1) is 25.4. The highest BCUT2D eigenvalue weighted by Crippen LogP contribution is 2.48. The quantitative estimate of drug-likeness (QED) is 0.299. The second-order valence-corrected chi connectivity index (χ2v) is 8.96. The van der Waals surface area contributed by atoms with Crippen molar-refractivity contribution in [2.75, 3.05) is 20.8 Å². The number of nitrogens with one attached hydrogen (secondary N) is 2. The summed E-state index contributed by atoms with van der Waals surface area (Å²) >= 11 is 0. The molecule has 4 rings (SSSR count). The summed E-state index contributed by atoms with van der Waals surface area (Å²) in [5, 5.41) is 14.5. The van der Waals surface area contributed by atoms with E-state index < -0.39 is 70.5 Å². The van der Waals surface area contributed by atoms with E-state index in [1.807, 2.05) is 0 Å². The number of esters is 4. The number of aliphatic hydroxyl groups excluding tert-OH is 1. The zero-order chi connectivity index (χ0) is 25.7. The van der Waals surface area contributed by atoms with Crippen molar-refractivity contribution in [2.24, 2.45) is 11.8 Å². The van der Waals surface area contributed by atoms with Gasteiger partial charge in [-0.15, -0.1) is 0 Å². The highest BCUT2D eigenvalue weighted by Gasteiger charge is 2.72. The maximum absolute atomic E-state index is 11.9. The Balaban J connectivity index is 0.000000191. The molecule has 0 aliphatic carbocycles. The number of aliphatic hydroxyl groups is 1. The molecule has 6 atom stereocenters. The average Bonchev–Trinajstić information content (AvgIpc) is 3.42. The van der Waals surface area contributed by atoms with Crippen molar-refractivity contribution in [3.05, 3.63) is 0 Å². The lowest BCUT2D eigenvalue weighted by Gasteiger charge is -2.37. The number of carbonyl (C=O) groups excluding carboxylic acids is 6. The minimum absolute atomic E-state index is 0.0150.